The zero-order valence-corrected chi connectivity index (χ0v) is 19.4. The van der Waals surface area contributed by atoms with Gasteiger partial charge in [-0.1, -0.05) is 0 Å². The van der Waals surface area contributed by atoms with E-state index in [0.717, 1.165) is 0 Å². The summed E-state index contributed by atoms with van der Waals surface area (Å²) in [5.74, 6) is -1.10. The van der Waals surface area contributed by atoms with Gasteiger partial charge in [0, 0.05) is 26.2 Å². The quantitative estimate of drug-likeness (QED) is 0.573. The summed E-state index contributed by atoms with van der Waals surface area (Å²) in [6, 6.07) is 3.52. The Labute approximate surface area is 183 Å². The SMILES string of the molecule is CC(C)S(=O)(=O)N1C[C@H](C(=O)N(CCN(C)C)Cc2ccco2)[C@@]2(C1)OCCNC2=O. The molecule has 1 N–H and O–H groups in total. The van der Waals surface area contributed by atoms with Crippen LogP contribution in [0.1, 0.15) is 19.6 Å². The van der Waals surface area contributed by atoms with Crippen LogP contribution in [0.2, 0.25) is 0 Å². The molecule has 11 heteroatoms. The molecule has 10 nitrogen and oxygen atoms in total. The van der Waals surface area contributed by atoms with Gasteiger partial charge in [-0.25, -0.2) is 8.42 Å². The predicted molar refractivity (Wildman–Crippen MR) is 113 cm³/mol. The van der Waals surface area contributed by atoms with Gasteiger partial charge in [0.05, 0.1) is 37.1 Å². The Balaban J connectivity index is 1.93. The van der Waals surface area contributed by atoms with Gasteiger partial charge < -0.3 is 24.3 Å². The minimum absolute atomic E-state index is 0.0939. The lowest BCUT2D eigenvalue weighted by Gasteiger charge is -2.38. The van der Waals surface area contributed by atoms with Gasteiger partial charge in [-0.15, -0.1) is 0 Å². The van der Waals surface area contributed by atoms with Gasteiger partial charge in [-0.3, -0.25) is 9.59 Å². The molecular weight excluding hydrogens is 424 g/mol. The summed E-state index contributed by atoms with van der Waals surface area (Å²) in [4.78, 5) is 30.2. The second-order valence-corrected chi connectivity index (χ2v) is 11.1. The minimum Gasteiger partial charge on any atom is -0.467 e. The molecule has 0 bridgehead atoms. The monoisotopic (exact) mass is 456 g/mol. The third-order valence-electron chi connectivity index (χ3n) is 5.80. The number of morpholine rings is 1. The van der Waals surface area contributed by atoms with E-state index in [1.807, 2.05) is 19.0 Å². The van der Waals surface area contributed by atoms with Crippen molar-refractivity contribution in [3.63, 3.8) is 0 Å². The number of furan rings is 1. The molecule has 2 fully saturated rings. The molecule has 3 heterocycles. The smallest absolute Gasteiger partial charge is 0.254 e. The van der Waals surface area contributed by atoms with Crippen LogP contribution >= 0.6 is 0 Å². The van der Waals surface area contributed by atoms with E-state index in [9.17, 15) is 18.0 Å². The first-order valence-electron chi connectivity index (χ1n) is 10.4. The van der Waals surface area contributed by atoms with Crippen LogP contribution in [0.4, 0.5) is 0 Å². The lowest BCUT2D eigenvalue weighted by Crippen LogP contribution is -2.62. The van der Waals surface area contributed by atoms with Crippen LogP contribution < -0.4 is 5.32 Å². The molecule has 0 aliphatic carbocycles. The number of carbonyl (C=O) groups excluding carboxylic acids is 2. The van der Waals surface area contributed by atoms with Crippen molar-refractivity contribution >= 4 is 21.8 Å². The van der Waals surface area contributed by atoms with E-state index >= 15 is 0 Å². The number of nitrogens with zero attached hydrogens (tertiary/aromatic N) is 3. The topological polar surface area (TPSA) is 112 Å². The minimum atomic E-state index is -3.67. The first-order chi connectivity index (χ1) is 14.6. The fourth-order valence-corrected chi connectivity index (χ4v) is 5.27. The molecule has 1 aromatic heterocycles. The van der Waals surface area contributed by atoms with Gasteiger partial charge in [0.25, 0.3) is 5.91 Å². The molecule has 174 valence electrons. The van der Waals surface area contributed by atoms with Gasteiger partial charge in [0.1, 0.15) is 5.76 Å². The number of ether oxygens (including phenoxy) is 1. The van der Waals surface area contributed by atoms with Crippen LogP contribution in [-0.2, 0) is 30.9 Å². The van der Waals surface area contributed by atoms with E-state index < -0.39 is 32.7 Å². The zero-order chi connectivity index (χ0) is 22.8. The lowest BCUT2D eigenvalue weighted by atomic mass is 9.87. The summed E-state index contributed by atoms with van der Waals surface area (Å²) in [5, 5.41) is 2.08. The molecule has 1 aromatic rings. The maximum absolute atomic E-state index is 13.7. The van der Waals surface area contributed by atoms with E-state index in [1.165, 1.54) is 10.6 Å². The van der Waals surface area contributed by atoms with Crippen LogP contribution in [0, 0.1) is 5.92 Å². The summed E-state index contributed by atoms with van der Waals surface area (Å²) < 4.78 is 38.3. The predicted octanol–water partition coefficient (Wildman–Crippen LogP) is -0.275. The van der Waals surface area contributed by atoms with Crippen molar-refractivity contribution in [1.82, 2.24) is 19.4 Å². The molecule has 2 atom stereocenters. The Hall–Kier alpha value is -1.95. The van der Waals surface area contributed by atoms with E-state index in [1.54, 1.807) is 30.9 Å². The van der Waals surface area contributed by atoms with E-state index in [2.05, 4.69) is 5.32 Å². The van der Waals surface area contributed by atoms with E-state index in [0.29, 0.717) is 25.4 Å². The van der Waals surface area contributed by atoms with Crippen molar-refractivity contribution < 1.29 is 27.2 Å². The molecular formula is C20H32N4O6S. The highest BCUT2D eigenvalue weighted by atomic mass is 32.2. The Bertz CT molecular complexity index is 885. The second kappa shape index (κ2) is 9.27. The molecule has 2 aliphatic rings. The Kier molecular flexibility index (Phi) is 7.09. The summed E-state index contributed by atoms with van der Waals surface area (Å²) >= 11 is 0. The number of rotatable bonds is 8. The first kappa shape index (κ1) is 23.7. The van der Waals surface area contributed by atoms with Gasteiger partial charge in [-0.05, 0) is 40.1 Å². The average molecular weight is 457 g/mol. The van der Waals surface area contributed by atoms with Crippen molar-refractivity contribution in [3.05, 3.63) is 24.2 Å². The van der Waals surface area contributed by atoms with E-state index in [-0.39, 0.29) is 32.1 Å². The maximum Gasteiger partial charge on any atom is 0.254 e. The number of carbonyl (C=O) groups is 2. The molecule has 2 saturated heterocycles. The van der Waals surface area contributed by atoms with Gasteiger partial charge in [-0.2, -0.15) is 4.31 Å². The molecule has 0 unspecified atom stereocenters. The molecule has 3 rings (SSSR count). The highest BCUT2D eigenvalue weighted by molar-refractivity contribution is 7.89. The molecule has 31 heavy (non-hydrogen) atoms. The van der Waals surface area contributed by atoms with Gasteiger partial charge >= 0.3 is 0 Å². The van der Waals surface area contributed by atoms with Crippen LogP contribution in [0.25, 0.3) is 0 Å². The normalized spacial score (nSPS) is 24.8. The summed E-state index contributed by atoms with van der Waals surface area (Å²) in [7, 11) is 0.141. The highest BCUT2D eigenvalue weighted by Gasteiger charge is 2.60. The number of nitrogens with one attached hydrogen (secondary N) is 1. The average Bonchev–Trinajstić information content (AvgIpc) is 3.35. The Morgan fingerprint density at radius 3 is 2.68 bits per heavy atom. The standard InChI is InChI=1S/C20H32N4O6S/c1-15(2)31(27,28)24-13-17(20(14-24)19(26)21-7-11-30-20)18(25)23(9-8-22(3)4)12-16-6-5-10-29-16/h5-6,10,15,17H,7-9,11-14H2,1-4H3,(H,21,26)/t17-,20-/m1/s1. The Morgan fingerprint density at radius 2 is 2.10 bits per heavy atom. The number of likely N-dealkylation sites (N-methyl/N-ethyl adjacent to an activating group) is 1. The van der Waals surface area contributed by atoms with Gasteiger partial charge in [0.2, 0.25) is 15.9 Å². The first-order valence-corrected chi connectivity index (χ1v) is 12.0. The fraction of sp³-hybridized carbons (Fsp3) is 0.700. The number of hydrogen-bond acceptors (Lipinski definition) is 7. The lowest BCUT2D eigenvalue weighted by molar-refractivity contribution is -0.167. The molecule has 0 aromatic carbocycles. The van der Waals surface area contributed by atoms with Gasteiger partial charge in [0.15, 0.2) is 5.60 Å². The van der Waals surface area contributed by atoms with E-state index in [4.69, 9.17) is 9.15 Å². The van der Waals surface area contributed by atoms with Crippen LogP contribution in [-0.4, -0.2) is 98.6 Å². The summed E-state index contributed by atoms with van der Waals surface area (Å²) in [5.41, 5.74) is -1.53. The molecule has 0 saturated carbocycles. The largest absolute Gasteiger partial charge is 0.467 e. The molecule has 0 radical (unpaired) electrons. The van der Waals surface area contributed by atoms with Crippen molar-refractivity contribution in [2.75, 3.05) is 53.4 Å². The maximum atomic E-state index is 13.7. The summed E-state index contributed by atoms with van der Waals surface area (Å²) in [6.07, 6.45) is 1.54. The van der Waals surface area contributed by atoms with Crippen molar-refractivity contribution in [2.24, 2.45) is 5.92 Å². The molecule has 1 spiro atoms. The van der Waals surface area contributed by atoms with Crippen molar-refractivity contribution in [2.45, 2.75) is 31.2 Å². The Morgan fingerprint density at radius 1 is 1.35 bits per heavy atom. The zero-order valence-electron chi connectivity index (χ0n) is 18.5. The van der Waals surface area contributed by atoms with Crippen molar-refractivity contribution in [3.8, 4) is 0 Å². The number of hydrogen-bond donors (Lipinski definition) is 1. The summed E-state index contributed by atoms with van der Waals surface area (Å²) in [6.45, 7) is 4.69. The van der Waals surface area contributed by atoms with Crippen LogP contribution in [0.3, 0.4) is 0 Å². The fourth-order valence-electron chi connectivity index (χ4n) is 3.95. The number of sulfonamides is 1. The highest BCUT2D eigenvalue weighted by Crippen LogP contribution is 2.37. The van der Waals surface area contributed by atoms with Crippen LogP contribution in [0.15, 0.2) is 22.8 Å². The van der Waals surface area contributed by atoms with Crippen LogP contribution in [0.5, 0.6) is 0 Å². The third-order valence-corrected chi connectivity index (χ3v) is 7.99. The van der Waals surface area contributed by atoms with Crippen molar-refractivity contribution in [1.29, 1.82) is 0 Å². The molecule has 2 amide bonds. The second-order valence-electron chi connectivity index (χ2n) is 8.58. The third kappa shape index (κ3) is 4.79. The molecule has 2 aliphatic heterocycles. The number of amides is 2.